The lowest BCUT2D eigenvalue weighted by atomic mass is 10.1. The number of hydrogen-bond acceptors (Lipinski definition) is 4. The van der Waals surface area contributed by atoms with Crippen LogP contribution in [0.2, 0.25) is 0 Å². The predicted octanol–water partition coefficient (Wildman–Crippen LogP) is 2.10. The Balaban J connectivity index is 2.94. The summed E-state index contributed by atoms with van der Waals surface area (Å²) in [7, 11) is -3.75. The molecule has 5 nitrogen and oxygen atoms in total. The van der Waals surface area contributed by atoms with Crippen LogP contribution in [0.4, 0.5) is 0 Å². The van der Waals surface area contributed by atoms with Gasteiger partial charge >= 0.3 is 5.97 Å². The summed E-state index contributed by atoms with van der Waals surface area (Å²) in [5, 5.41) is 9.10. The Morgan fingerprint density at radius 1 is 1.52 bits per heavy atom. The first-order valence-electron chi connectivity index (χ1n) is 5.84. The van der Waals surface area contributed by atoms with Gasteiger partial charge in [0.15, 0.2) is 0 Å². The molecule has 0 aromatic heterocycles. The van der Waals surface area contributed by atoms with E-state index in [2.05, 4.69) is 26.6 Å². The van der Waals surface area contributed by atoms with Gasteiger partial charge in [0.05, 0.1) is 16.2 Å². The molecule has 0 fully saturated rings. The second kappa shape index (κ2) is 7.84. The Bertz CT molecular complexity index is 680. The lowest BCUT2D eigenvalue weighted by Crippen LogP contribution is -2.26. The van der Waals surface area contributed by atoms with Crippen LogP contribution in [0.1, 0.15) is 15.9 Å². The SMILES string of the molecule is C#CCSCCNS(=O)(=O)c1cc(Br)c(C)c(C(=O)O)c1. The molecule has 0 heterocycles. The molecule has 0 aliphatic carbocycles. The minimum Gasteiger partial charge on any atom is -0.478 e. The molecule has 114 valence electrons. The van der Waals surface area contributed by atoms with Crippen molar-refractivity contribution in [3.8, 4) is 12.3 Å². The van der Waals surface area contributed by atoms with Crippen molar-refractivity contribution in [3.63, 3.8) is 0 Å². The Morgan fingerprint density at radius 3 is 2.76 bits per heavy atom. The number of carboxylic acids is 1. The van der Waals surface area contributed by atoms with Crippen LogP contribution in [-0.4, -0.2) is 37.5 Å². The van der Waals surface area contributed by atoms with Crippen molar-refractivity contribution in [3.05, 3.63) is 27.7 Å². The molecule has 21 heavy (non-hydrogen) atoms. The highest BCUT2D eigenvalue weighted by Crippen LogP contribution is 2.24. The summed E-state index contributed by atoms with van der Waals surface area (Å²) < 4.78 is 27.1. The molecule has 0 saturated heterocycles. The molecule has 1 rings (SSSR count). The molecule has 0 atom stereocenters. The largest absolute Gasteiger partial charge is 0.478 e. The average Bonchev–Trinajstić information content (AvgIpc) is 2.40. The molecule has 0 aliphatic heterocycles. The van der Waals surface area contributed by atoms with Gasteiger partial charge in [0, 0.05) is 16.8 Å². The normalized spacial score (nSPS) is 11.1. The third-order valence-corrected chi connectivity index (χ3v) is 5.71. The lowest BCUT2D eigenvalue weighted by Gasteiger charge is -2.10. The van der Waals surface area contributed by atoms with Crippen molar-refractivity contribution >= 4 is 43.7 Å². The molecule has 0 radical (unpaired) electrons. The predicted molar refractivity (Wildman–Crippen MR) is 87.2 cm³/mol. The van der Waals surface area contributed by atoms with E-state index in [1.54, 1.807) is 6.92 Å². The zero-order valence-electron chi connectivity index (χ0n) is 11.2. The number of rotatable bonds is 7. The monoisotopic (exact) mass is 391 g/mol. The van der Waals surface area contributed by atoms with Gasteiger partial charge in [-0.25, -0.2) is 17.9 Å². The maximum atomic E-state index is 12.1. The minimum atomic E-state index is -3.75. The highest BCUT2D eigenvalue weighted by molar-refractivity contribution is 9.10. The number of halogens is 1. The molecule has 2 N–H and O–H groups in total. The number of thioether (sulfide) groups is 1. The number of terminal acetylenes is 1. The van der Waals surface area contributed by atoms with Gasteiger partial charge in [0.2, 0.25) is 10.0 Å². The molecule has 1 aromatic rings. The van der Waals surface area contributed by atoms with Crippen LogP contribution in [-0.2, 0) is 10.0 Å². The van der Waals surface area contributed by atoms with E-state index in [0.717, 1.165) is 6.07 Å². The first-order valence-corrected chi connectivity index (χ1v) is 9.27. The van der Waals surface area contributed by atoms with Crippen molar-refractivity contribution in [2.45, 2.75) is 11.8 Å². The Kier molecular flexibility index (Phi) is 6.74. The topological polar surface area (TPSA) is 83.5 Å². The molecule has 0 aliphatic rings. The summed E-state index contributed by atoms with van der Waals surface area (Å²) >= 11 is 4.61. The van der Waals surface area contributed by atoms with Crippen LogP contribution in [0.25, 0.3) is 0 Å². The summed E-state index contributed by atoms with van der Waals surface area (Å²) in [6, 6.07) is 2.54. The number of hydrogen-bond donors (Lipinski definition) is 2. The van der Waals surface area contributed by atoms with E-state index in [4.69, 9.17) is 11.5 Å². The average molecular weight is 392 g/mol. The van der Waals surface area contributed by atoms with E-state index in [1.165, 1.54) is 17.8 Å². The summed E-state index contributed by atoms with van der Waals surface area (Å²) in [6.07, 6.45) is 5.09. The smallest absolute Gasteiger partial charge is 0.336 e. The van der Waals surface area contributed by atoms with E-state index >= 15 is 0 Å². The minimum absolute atomic E-state index is 0.0496. The Morgan fingerprint density at radius 2 is 2.19 bits per heavy atom. The van der Waals surface area contributed by atoms with Crippen LogP contribution < -0.4 is 4.72 Å². The van der Waals surface area contributed by atoms with Crippen molar-refractivity contribution in [1.29, 1.82) is 0 Å². The molecular formula is C13H14BrNO4S2. The fourth-order valence-electron chi connectivity index (χ4n) is 1.49. The molecule has 1 aromatic carbocycles. The molecule has 0 saturated carbocycles. The molecule has 0 bridgehead atoms. The standard InChI is InChI=1S/C13H14BrNO4S2/c1-3-5-20-6-4-15-21(18,19)10-7-11(13(16)17)9(2)12(14)8-10/h1,7-8,15H,4-6H2,2H3,(H,16,17). The summed E-state index contributed by atoms with van der Waals surface area (Å²) in [6.45, 7) is 1.83. The van der Waals surface area contributed by atoms with Crippen LogP contribution in [0.3, 0.4) is 0 Å². The molecule has 0 unspecified atom stereocenters. The summed E-state index contributed by atoms with van der Waals surface area (Å²) in [5.41, 5.74) is 0.428. The van der Waals surface area contributed by atoms with Crippen LogP contribution in [0.5, 0.6) is 0 Å². The van der Waals surface area contributed by atoms with Gasteiger partial charge in [0.25, 0.3) is 0 Å². The molecule has 8 heteroatoms. The molecular weight excluding hydrogens is 378 g/mol. The van der Waals surface area contributed by atoms with E-state index in [0.29, 0.717) is 21.5 Å². The van der Waals surface area contributed by atoms with Crippen molar-refractivity contribution in [1.82, 2.24) is 4.72 Å². The fourth-order valence-corrected chi connectivity index (χ4v) is 3.83. The Hall–Kier alpha value is -1.01. The van der Waals surface area contributed by atoms with Gasteiger partial charge in [-0.05, 0) is 24.6 Å². The zero-order valence-corrected chi connectivity index (χ0v) is 14.4. The van der Waals surface area contributed by atoms with Crippen molar-refractivity contribution < 1.29 is 18.3 Å². The lowest BCUT2D eigenvalue weighted by molar-refractivity contribution is 0.0695. The first kappa shape index (κ1) is 18.0. The number of benzene rings is 1. The second-order valence-electron chi connectivity index (χ2n) is 4.04. The highest BCUT2D eigenvalue weighted by atomic mass is 79.9. The number of carboxylic acid groups (broad SMARTS) is 1. The quantitative estimate of drug-likeness (QED) is 0.549. The number of sulfonamides is 1. The van der Waals surface area contributed by atoms with Crippen molar-refractivity contribution in [2.24, 2.45) is 0 Å². The summed E-state index contributed by atoms with van der Waals surface area (Å²) in [4.78, 5) is 11.0. The highest BCUT2D eigenvalue weighted by Gasteiger charge is 2.19. The van der Waals surface area contributed by atoms with Gasteiger partial charge in [0.1, 0.15) is 0 Å². The third kappa shape index (κ3) is 5.04. The van der Waals surface area contributed by atoms with Gasteiger partial charge in [-0.1, -0.05) is 21.9 Å². The Labute approximate surface area is 136 Å². The van der Waals surface area contributed by atoms with Crippen LogP contribution >= 0.6 is 27.7 Å². The van der Waals surface area contributed by atoms with Crippen LogP contribution in [0.15, 0.2) is 21.5 Å². The van der Waals surface area contributed by atoms with Gasteiger partial charge < -0.3 is 5.11 Å². The maximum Gasteiger partial charge on any atom is 0.336 e. The zero-order chi connectivity index (χ0) is 16.0. The number of aromatic carboxylic acids is 1. The number of carbonyl (C=O) groups is 1. The number of nitrogens with one attached hydrogen (secondary N) is 1. The second-order valence-corrected chi connectivity index (χ2v) is 7.76. The van der Waals surface area contributed by atoms with E-state index in [9.17, 15) is 13.2 Å². The van der Waals surface area contributed by atoms with Gasteiger partial charge in [-0.15, -0.1) is 18.2 Å². The van der Waals surface area contributed by atoms with Gasteiger partial charge in [-0.3, -0.25) is 0 Å². The first-order chi connectivity index (χ1) is 9.79. The third-order valence-electron chi connectivity index (χ3n) is 2.58. The molecule has 0 amide bonds. The van der Waals surface area contributed by atoms with E-state index in [-0.39, 0.29) is 17.0 Å². The van der Waals surface area contributed by atoms with E-state index < -0.39 is 16.0 Å². The van der Waals surface area contributed by atoms with Crippen molar-refractivity contribution in [2.75, 3.05) is 18.1 Å². The van der Waals surface area contributed by atoms with Crippen LogP contribution in [0, 0.1) is 19.3 Å². The summed E-state index contributed by atoms with van der Waals surface area (Å²) in [5.74, 6) is 2.33. The van der Waals surface area contributed by atoms with Gasteiger partial charge in [-0.2, -0.15) is 0 Å². The maximum absolute atomic E-state index is 12.1. The fraction of sp³-hybridized carbons (Fsp3) is 0.308. The molecule has 0 spiro atoms. The van der Waals surface area contributed by atoms with E-state index in [1.807, 2.05) is 0 Å².